The van der Waals surface area contributed by atoms with Gasteiger partial charge < -0.3 is 19.6 Å². The molecule has 0 fully saturated rings. The van der Waals surface area contributed by atoms with Gasteiger partial charge in [0.25, 0.3) is 5.91 Å². The first-order valence-electron chi connectivity index (χ1n) is 16.6. The van der Waals surface area contributed by atoms with Gasteiger partial charge in [0, 0.05) is 47.6 Å². The number of nitrogens with one attached hydrogen (secondary N) is 1. The van der Waals surface area contributed by atoms with Gasteiger partial charge in [0.15, 0.2) is 0 Å². The number of imide groups is 1. The summed E-state index contributed by atoms with van der Waals surface area (Å²) in [7, 11) is 0. The Morgan fingerprint density at radius 2 is 1.81 bits per heavy atom. The third kappa shape index (κ3) is 11.4. The number of benzene rings is 1. The summed E-state index contributed by atoms with van der Waals surface area (Å²) in [6.07, 6.45) is 5.90. The number of fused-ring (bicyclic) bond motifs is 1. The van der Waals surface area contributed by atoms with Crippen LogP contribution in [0.4, 0.5) is 4.79 Å². The number of carbonyl (C=O) groups is 3. The van der Waals surface area contributed by atoms with E-state index in [2.05, 4.69) is 17.2 Å². The van der Waals surface area contributed by atoms with Crippen LogP contribution in [0.5, 0.6) is 0 Å². The molecule has 3 aromatic rings. The van der Waals surface area contributed by atoms with Crippen molar-refractivity contribution in [1.29, 1.82) is 0 Å². The third-order valence-corrected chi connectivity index (χ3v) is 7.18. The van der Waals surface area contributed by atoms with Crippen molar-refractivity contribution in [3.63, 3.8) is 0 Å². The molecular formula is C38H52N4O5. The van der Waals surface area contributed by atoms with Gasteiger partial charge in [-0.25, -0.2) is 9.78 Å². The van der Waals surface area contributed by atoms with E-state index in [0.29, 0.717) is 48.9 Å². The van der Waals surface area contributed by atoms with Crippen LogP contribution in [0.25, 0.3) is 16.9 Å². The minimum absolute atomic E-state index is 0.0417. The second-order valence-electron chi connectivity index (χ2n) is 12.1. The molecule has 0 spiro atoms. The zero-order chi connectivity index (χ0) is 35.1. The SMILES string of the molecule is CC.CCC#C/C(C)=C(\CCC)C(=O)N(C=O)C[C@H](Cc1ccc(-c2cn3cccc(C(O)CC)c3n2)cc1)NC(=O)OC(C)(C)C. The normalized spacial score (nSPS) is 12.8. The molecule has 1 aromatic carbocycles. The standard InChI is InChI=1S/C36H46N4O5.C2H6/c1-8-11-14-25(4)29(13-9-2)34(43)40(24-41)22-28(37-35(44)45-36(5,6)7)21-26-16-18-27(19-17-26)31-23-39-20-12-15-30(32(42)10-3)33(39)38-31;1-2/h12,15-20,23-24,28,32,42H,8-10,13,21-22H2,1-7H3,(H,37,44);1-2H3/b29-25+;/t28-,32?;/m0./s1. The largest absolute Gasteiger partial charge is 0.444 e. The molecule has 2 atom stereocenters. The lowest BCUT2D eigenvalue weighted by molar-refractivity contribution is -0.135. The van der Waals surface area contributed by atoms with Gasteiger partial charge >= 0.3 is 6.09 Å². The second-order valence-corrected chi connectivity index (χ2v) is 12.1. The molecule has 9 nitrogen and oxygen atoms in total. The number of imidazole rings is 1. The lowest BCUT2D eigenvalue weighted by Gasteiger charge is -2.27. The molecule has 0 aliphatic rings. The number of carbonyl (C=O) groups excluding carboxylic acids is 3. The van der Waals surface area contributed by atoms with E-state index < -0.39 is 29.7 Å². The van der Waals surface area contributed by atoms with Gasteiger partial charge in [-0.2, -0.15) is 0 Å². The fourth-order valence-corrected chi connectivity index (χ4v) is 4.97. The molecule has 0 aliphatic carbocycles. The van der Waals surface area contributed by atoms with E-state index >= 15 is 0 Å². The number of hydrogen-bond donors (Lipinski definition) is 2. The maximum absolute atomic E-state index is 13.5. The topological polar surface area (TPSA) is 113 Å². The first kappa shape index (κ1) is 38.8. The quantitative estimate of drug-likeness (QED) is 0.121. The molecule has 0 aliphatic heterocycles. The first-order valence-corrected chi connectivity index (χ1v) is 16.6. The van der Waals surface area contributed by atoms with Crippen LogP contribution in [0.2, 0.25) is 0 Å². The number of allylic oxidation sites excluding steroid dienone is 1. The average Bonchev–Trinajstić information content (AvgIpc) is 3.49. The summed E-state index contributed by atoms with van der Waals surface area (Å²) in [5.74, 6) is 5.60. The van der Waals surface area contributed by atoms with Crippen molar-refractivity contribution in [3.8, 4) is 23.1 Å². The van der Waals surface area contributed by atoms with Crippen molar-refractivity contribution < 1.29 is 24.2 Å². The number of pyridine rings is 1. The Morgan fingerprint density at radius 3 is 2.38 bits per heavy atom. The predicted molar refractivity (Wildman–Crippen MR) is 188 cm³/mol. The minimum Gasteiger partial charge on any atom is -0.444 e. The summed E-state index contributed by atoms with van der Waals surface area (Å²) in [6, 6.07) is 10.9. The predicted octanol–water partition coefficient (Wildman–Crippen LogP) is 7.42. The molecule has 0 bridgehead atoms. The maximum atomic E-state index is 13.5. The Hall–Kier alpha value is -4.42. The number of ether oxygens (including phenoxy) is 1. The number of nitrogens with zero attached hydrogens (tertiary/aromatic N) is 3. The summed E-state index contributed by atoms with van der Waals surface area (Å²) < 4.78 is 7.40. The zero-order valence-corrected chi connectivity index (χ0v) is 29.5. The van der Waals surface area contributed by atoms with E-state index in [9.17, 15) is 19.5 Å². The Balaban J connectivity index is 0.00000376. The smallest absolute Gasteiger partial charge is 0.407 e. The van der Waals surface area contributed by atoms with E-state index in [-0.39, 0.29) is 6.54 Å². The molecule has 2 N–H and O–H groups in total. The van der Waals surface area contributed by atoms with Gasteiger partial charge in [-0.1, -0.05) is 83.2 Å². The van der Waals surface area contributed by atoms with Crippen LogP contribution in [-0.4, -0.2) is 56.0 Å². The molecule has 3 amide bonds. The Morgan fingerprint density at radius 1 is 1.13 bits per heavy atom. The summed E-state index contributed by atoms with van der Waals surface area (Å²) in [5.41, 5.74) is 4.44. The first-order chi connectivity index (χ1) is 22.4. The van der Waals surface area contributed by atoms with Crippen LogP contribution in [0, 0.1) is 11.8 Å². The summed E-state index contributed by atoms with van der Waals surface area (Å²) in [6.45, 7) is 16.9. The zero-order valence-electron chi connectivity index (χ0n) is 29.5. The van der Waals surface area contributed by atoms with Gasteiger partial charge in [-0.3, -0.25) is 14.5 Å². The molecule has 0 saturated carbocycles. The van der Waals surface area contributed by atoms with Crippen LogP contribution in [-0.2, 0) is 20.7 Å². The number of hydrogen-bond acceptors (Lipinski definition) is 6. The van der Waals surface area contributed by atoms with Crippen molar-refractivity contribution >= 4 is 24.1 Å². The van der Waals surface area contributed by atoms with Crippen molar-refractivity contribution in [2.24, 2.45) is 0 Å². The van der Waals surface area contributed by atoms with Gasteiger partial charge in [0.2, 0.25) is 6.41 Å². The van der Waals surface area contributed by atoms with Crippen molar-refractivity contribution in [3.05, 3.63) is 71.1 Å². The lowest BCUT2D eigenvalue weighted by atomic mass is 10.0. The third-order valence-electron chi connectivity index (χ3n) is 7.18. The monoisotopic (exact) mass is 644 g/mol. The lowest BCUT2D eigenvalue weighted by Crippen LogP contribution is -2.48. The molecule has 1 unspecified atom stereocenters. The summed E-state index contributed by atoms with van der Waals surface area (Å²) in [4.78, 5) is 44.5. The van der Waals surface area contributed by atoms with Crippen LogP contribution in [0.15, 0.2) is 59.9 Å². The molecule has 2 heterocycles. The molecule has 254 valence electrons. The molecule has 0 saturated heterocycles. The summed E-state index contributed by atoms with van der Waals surface area (Å²) >= 11 is 0. The fraction of sp³-hybridized carbons (Fsp3) is 0.474. The molecule has 3 rings (SSSR count). The maximum Gasteiger partial charge on any atom is 0.407 e. The van der Waals surface area contributed by atoms with Gasteiger partial charge in [0.1, 0.15) is 11.2 Å². The van der Waals surface area contributed by atoms with Crippen LogP contribution in [0.3, 0.4) is 0 Å². The molecule has 9 heteroatoms. The molecule has 0 radical (unpaired) electrons. The van der Waals surface area contributed by atoms with Crippen molar-refractivity contribution in [1.82, 2.24) is 19.6 Å². The van der Waals surface area contributed by atoms with Crippen LogP contribution < -0.4 is 5.32 Å². The highest BCUT2D eigenvalue weighted by Crippen LogP contribution is 2.26. The van der Waals surface area contributed by atoms with Gasteiger partial charge in [-0.05, 0) is 58.6 Å². The van der Waals surface area contributed by atoms with Crippen LogP contribution in [0.1, 0.15) is 105 Å². The Bertz CT molecular complexity index is 1570. The number of aliphatic hydroxyl groups is 1. The van der Waals surface area contributed by atoms with Gasteiger partial charge in [-0.15, -0.1) is 0 Å². The van der Waals surface area contributed by atoms with E-state index in [1.807, 2.05) is 87.8 Å². The van der Waals surface area contributed by atoms with E-state index in [1.165, 1.54) is 0 Å². The number of alkyl carbamates (subject to hydrolysis) is 1. The van der Waals surface area contributed by atoms with Crippen LogP contribution >= 0.6 is 0 Å². The fourth-order valence-electron chi connectivity index (χ4n) is 4.97. The number of aromatic nitrogens is 2. The Kier molecular flexibility index (Phi) is 15.4. The summed E-state index contributed by atoms with van der Waals surface area (Å²) in [5, 5.41) is 13.3. The number of rotatable bonds is 12. The highest BCUT2D eigenvalue weighted by molar-refractivity contribution is 6.00. The number of aliphatic hydroxyl groups excluding tert-OH is 1. The molecular weight excluding hydrogens is 592 g/mol. The van der Waals surface area contributed by atoms with Crippen molar-refractivity contribution in [2.45, 2.75) is 112 Å². The average molecular weight is 645 g/mol. The Labute approximate surface area is 280 Å². The van der Waals surface area contributed by atoms with E-state index in [0.717, 1.165) is 33.7 Å². The number of amides is 3. The van der Waals surface area contributed by atoms with Gasteiger partial charge in [0.05, 0.1) is 17.8 Å². The molecule has 2 aromatic heterocycles. The second kappa shape index (κ2) is 18.7. The van der Waals surface area contributed by atoms with E-state index in [4.69, 9.17) is 9.72 Å². The minimum atomic E-state index is -0.719. The van der Waals surface area contributed by atoms with E-state index in [1.54, 1.807) is 27.7 Å². The highest BCUT2D eigenvalue weighted by Gasteiger charge is 2.26. The molecule has 47 heavy (non-hydrogen) atoms. The van der Waals surface area contributed by atoms with Crippen molar-refractivity contribution in [2.75, 3.05) is 6.54 Å². The highest BCUT2D eigenvalue weighted by atomic mass is 16.6.